The third-order valence-electron chi connectivity index (χ3n) is 3.53. The van der Waals surface area contributed by atoms with Crippen LogP contribution in [0.3, 0.4) is 0 Å². The van der Waals surface area contributed by atoms with Crippen molar-refractivity contribution in [3.63, 3.8) is 0 Å². The molecule has 130 valence electrons. The number of nitrogens with one attached hydrogen (secondary N) is 1. The Kier molecular flexibility index (Phi) is 7.67. The molecule has 0 unspecified atom stereocenters. The van der Waals surface area contributed by atoms with Crippen molar-refractivity contribution in [3.8, 4) is 0 Å². The van der Waals surface area contributed by atoms with Crippen molar-refractivity contribution >= 4 is 21.6 Å². The maximum Gasteiger partial charge on any atom is 0.242 e. The average Bonchev–Trinajstić information content (AvgIpc) is 2.51. The highest BCUT2D eigenvalue weighted by molar-refractivity contribution is 7.89. The molecular weight excluding hydrogens is 314 g/mol. The molecule has 0 saturated carbocycles. The molecule has 0 heterocycles. The third-order valence-corrected chi connectivity index (χ3v) is 5.36. The van der Waals surface area contributed by atoms with Gasteiger partial charge in [0, 0.05) is 32.7 Å². The van der Waals surface area contributed by atoms with Gasteiger partial charge in [0.1, 0.15) is 0 Å². The molecule has 1 rings (SSSR count). The summed E-state index contributed by atoms with van der Waals surface area (Å²) < 4.78 is 25.1. The van der Waals surface area contributed by atoms with Gasteiger partial charge in [-0.05, 0) is 44.3 Å². The van der Waals surface area contributed by atoms with E-state index in [0.29, 0.717) is 18.7 Å². The Balaban J connectivity index is 2.54. The van der Waals surface area contributed by atoms with E-state index in [1.165, 1.54) is 26.2 Å². The van der Waals surface area contributed by atoms with Crippen LogP contribution in [0.2, 0.25) is 0 Å². The van der Waals surface area contributed by atoms with E-state index in [0.717, 1.165) is 23.7 Å². The van der Waals surface area contributed by atoms with Gasteiger partial charge in [-0.1, -0.05) is 13.3 Å². The zero-order valence-electron chi connectivity index (χ0n) is 14.4. The summed E-state index contributed by atoms with van der Waals surface area (Å²) in [6, 6.07) is 6.21. The van der Waals surface area contributed by atoms with Crippen molar-refractivity contribution < 1.29 is 13.2 Å². The Morgan fingerprint density at radius 2 is 1.70 bits per heavy atom. The zero-order valence-corrected chi connectivity index (χ0v) is 15.2. The molecule has 1 N–H and O–H groups in total. The fourth-order valence-electron chi connectivity index (χ4n) is 1.98. The quantitative estimate of drug-likeness (QED) is 0.746. The first-order valence-corrected chi connectivity index (χ1v) is 9.22. The smallest absolute Gasteiger partial charge is 0.242 e. The van der Waals surface area contributed by atoms with Crippen LogP contribution in [0.5, 0.6) is 0 Å². The van der Waals surface area contributed by atoms with Gasteiger partial charge in [-0.15, -0.1) is 0 Å². The summed E-state index contributed by atoms with van der Waals surface area (Å²) in [7, 11) is 1.54. The monoisotopic (exact) mass is 341 g/mol. The summed E-state index contributed by atoms with van der Waals surface area (Å²) in [6.07, 6.45) is 2.68. The van der Waals surface area contributed by atoms with Gasteiger partial charge < -0.3 is 10.2 Å². The van der Waals surface area contributed by atoms with Crippen LogP contribution in [0.4, 0.5) is 5.69 Å². The number of carbonyl (C=O) groups is 1. The van der Waals surface area contributed by atoms with Crippen molar-refractivity contribution in [3.05, 3.63) is 24.3 Å². The zero-order chi connectivity index (χ0) is 17.5. The Hall–Kier alpha value is -1.44. The lowest BCUT2D eigenvalue weighted by atomic mass is 10.3. The standard InChI is InChI=1S/C16H27N3O3S/c1-5-6-12-19(4)13-11-16(20)17-14-7-9-15(10-8-14)23(21,22)18(2)3/h7-10H,5-6,11-13H2,1-4H3,(H,17,20). The molecule has 23 heavy (non-hydrogen) atoms. The van der Waals surface area contributed by atoms with Crippen molar-refractivity contribution in [1.29, 1.82) is 0 Å². The summed E-state index contributed by atoms with van der Waals surface area (Å²) in [6.45, 7) is 3.83. The highest BCUT2D eigenvalue weighted by Crippen LogP contribution is 2.16. The number of unbranched alkanes of at least 4 members (excludes halogenated alkanes) is 1. The van der Waals surface area contributed by atoms with Crippen molar-refractivity contribution in [2.75, 3.05) is 39.5 Å². The van der Waals surface area contributed by atoms with Crippen LogP contribution in [-0.2, 0) is 14.8 Å². The first-order valence-electron chi connectivity index (χ1n) is 7.78. The first-order chi connectivity index (χ1) is 10.8. The van der Waals surface area contributed by atoms with E-state index in [-0.39, 0.29) is 10.8 Å². The summed E-state index contributed by atoms with van der Waals surface area (Å²) in [5, 5.41) is 2.79. The summed E-state index contributed by atoms with van der Waals surface area (Å²) >= 11 is 0. The van der Waals surface area contributed by atoms with Gasteiger partial charge in [-0.2, -0.15) is 0 Å². The summed E-state index contributed by atoms with van der Waals surface area (Å²) in [4.78, 5) is 14.3. The second kappa shape index (κ2) is 9.00. The van der Waals surface area contributed by atoms with Crippen molar-refractivity contribution in [1.82, 2.24) is 9.21 Å². The van der Waals surface area contributed by atoms with Crippen molar-refractivity contribution in [2.45, 2.75) is 31.1 Å². The molecule has 0 saturated heterocycles. The SMILES string of the molecule is CCCCN(C)CCC(=O)Nc1ccc(S(=O)(=O)N(C)C)cc1. The molecule has 0 atom stereocenters. The van der Waals surface area contributed by atoms with E-state index < -0.39 is 10.0 Å². The lowest BCUT2D eigenvalue weighted by Gasteiger charge is -2.15. The lowest BCUT2D eigenvalue weighted by Crippen LogP contribution is -2.25. The third kappa shape index (κ3) is 6.29. The van der Waals surface area contributed by atoms with Gasteiger partial charge in [0.2, 0.25) is 15.9 Å². The highest BCUT2D eigenvalue weighted by Gasteiger charge is 2.16. The van der Waals surface area contributed by atoms with E-state index in [1.54, 1.807) is 12.1 Å². The molecule has 0 aliphatic heterocycles. The molecule has 0 spiro atoms. The van der Waals surface area contributed by atoms with Gasteiger partial charge in [0.05, 0.1) is 4.90 Å². The van der Waals surface area contributed by atoms with Crippen LogP contribution in [0.15, 0.2) is 29.2 Å². The van der Waals surface area contributed by atoms with Crippen LogP contribution >= 0.6 is 0 Å². The van der Waals surface area contributed by atoms with Gasteiger partial charge in [0.15, 0.2) is 0 Å². The van der Waals surface area contributed by atoms with Crippen LogP contribution in [-0.4, -0.2) is 57.8 Å². The molecule has 0 bridgehead atoms. The molecule has 1 aromatic rings. The number of sulfonamides is 1. The Bertz CT molecular complexity index is 598. The number of rotatable bonds is 9. The topological polar surface area (TPSA) is 69.7 Å². The maximum absolute atomic E-state index is 12.0. The van der Waals surface area contributed by atoms with Crippen molar-refractivity contribution in [2.24, 2.45) is 0 Å². The fourth-order valence-corrected chi connectivity index (χ4v) is 2.88. The molecular formula is C16H27N3O3S. The van der Waals surface area contributed by atoms with Crippen LogP contribution < -0.4 is 5.32 Å². The maximum atomic E-state index is 12.0. The minimum Gasteiger partial charge on any atom is -0.326 e. The summed E-state index contributed by atoms with van der Waals surface area (Å²) in [5.41, 5.74) is 0.601. The molecule has 1 amide bonds. The Labute approximate surface area is 139 Å². The number of hydrogen-bond acceptors (Lipinski definition) is 4. The minimum absolute atomic E-state index is 0.0726. The van der Waals surface area contributed by atoms with E-state index in [2.05, 4.69) is 17.1 Å². The number of carbonyl (C=O) groups excluding carboxylic acids is 1. The Morgan fingerprint density at radius 1 is 1.09 bits per heavy atom. The molecule has 0 aliphatic carbocycles. The Morgan fingerprint density at radius 3 is 2.22 bits per heavy atom. The van der Waals surface area contributed by atoms with Crippen LogP contribution in [0.1, 0.15) is 26.2 Å². The second-order valence-corrected chi connectivity index (χ2v) is 7.92. The van der Waals surface area contributed by atoms with E-state index in [1.807, 2.05) is 7.05 Å². The molecule has 1 aromatic carbocycles. The van der Waals surface area contributed by atoms with Gasteiger partial charge >= 0.3 is 0 Å². The highest BCUT2D eigenvalue weighted by atomic mass is 32.2. The molecule has 7 heteroatoms. The number of anilines is 1. The van der Waals surface area contributed by atoms with E-state index in [9.17, 15) is 13.2 Å². The molecule has 0 radical (unpaired) electrons. The fraction of sp³-hybridized carbons (Fsp3) is 0.562. The molecule has 6 nitrogen and oxygen atoms in total. The molecule has 0 aliphatic rings. The first kappa shape index (κ1) is 19.6. The number of amides is 1. The minimum atomic E-state index is -3.44. The van der Waals surface area contributed by atoms with Gasteiger partial charge in [-0.25, -0.2) is 12.7 Å². The molecule has 0 aromatic heterocycles. The van der Waals surface area contributed by atoms with Gasteiger partial charge in [-0.3, -0.25) is 4.79 Å². The molecule has 0 fully saturated rings. The predicted molar refractivity (Wildman–Crippen MR) is 93.0 cm³/mol. The number of nitrogens with zero attached hydrogens (tertiary/aromatic N) is 2. The average molecular weight is 341 g/mol. The lowest BCUT2D eigenvalue weighted by molar-refractivity contribution is -0.116. The second-order valence-electron chi connectivity index (χ2n) is 5.77. The normalized spacial score (nSPS) is 11.9. The summed E-state index contributed by atoms with van der Waals surface area (Å²) in [5.74, 6) is -0.0726. The largest absolute Gasteiger partial charge is 0.326 e. The van der Waals surface area contributed by atoms with E-state index >= 15 is 0 Å². The number of benzene rings is 1. The van der Waals surface area contributed by atoms with Crippen LogP contribution in [0, 0.1) is 0 Å². The predicted octanol–water partition coefficient (Wildman–Crippen LogP) is 2.00. The van der Waals surface area contributed by atoms with Gasteiger partial charge in [0.25, 0.3) is 0 Å². The van der Waals surface area contributed by atoms with Crippen LogP contribution in [0.25, 0.3) is 0 Å². The number of hydrogen-bond donors (Lipinski definition) is 1. The van der Waals surface area contributed by atoms with E-state index in [4.69, 9.17) is 0 Å².